The van der Waals surface area contributed by atoms with Crippen LogP contribution >= 0.6 is 0 Å². The molecule has 0 amide bonds. The lowest BCUT2D eigenvalue weighted by atomic mass is 9.91. The largest absolute Gasteiger partial charge is 0.481 e. The molecule has 9 nitrogen and oxygen atoms in total. The summed E-state index contributed by atoms with van der Waals surface area (Å²) in [5.41, 5.74) is 1.93. The number of aliphatic carboxylic acids is 1. The van der Waals surface area contributed by atoms with Gasteiger partial charge >= 0.3 is 5.97 Å². The first-order chi connectivity index (χ1) is 11.7. The predicted octanol–water partition coefficient (Wildman–Crippen LogP) is 0.338. The van der Waals surface area contributed by atoms with Crippen LogP contribution in [0, 0.1) is 5.92 Å². The van der Waals surface area contributed by atoms with Crippen LogP contribution in [0.15, 0.2) is 18.7 Å². The molecule has 3 heterocycles. The number of H-pyrrole nitrogens is 1. The number of carbonyl (C=O) groups is 1. The van der Waals surface area contributed by atoms with Crippen molar-refractivity contribution in [1.29, 1.82) is 0 Å². The van der Waals surface area contributed by atoms with Crippen LogP contribution in [0.25, 0.3) is 0 Å². The van der Waals surface area contributed by atoms with E-state index < -0.39 is 5.97 Å². The van der Waals surface area contributed by atoms with E-state index in [1.165, 1.54) is 0 Å². The van der Waals surface area contributed by atoms with Crippen LogP contribution < -0.4 is 0 Å². The Kier molecular flexibility index (Phi) is 5.21. The van der Waals surface area contributed by atoms with Gasteiger partial charge in [-0.3, -0.25) is 9.69 Å². The number of carboxylic acids is 1. The number of methoxy groups -OCH3 is 1. The maximum Gasteiger partial charge on any atom is 0.303 e. The summed E-state index contributed by atoms with van der Waals surface area (Å²) in [5, 5.41) is 19.8. The molecule has 0 aliphatic carbocycles. The second kappa shape index (κ2) is 7.54. The van der Waals surface area contributed by atoms with E-state index in [4.69, 9.17) is 4.74 Å². The van der Waals surface area contributed by atoms with Gasteiger partial charge in [-0.25, -0.2) is 4.98 Å². The lowest BCUT2D eigenvalue weighted by Gasteiger charge is -2.16. The molecule has 9 heteroatoms. The van der Waals surface area contributed by atoms with Gasteiger partial charge in [0.15, 0.2) is 0 Å². The van der Waals surface area contributed by atoms with E-state index in [0.717, 1.165) is 37.6 Å². The zero-order chi connectivity index (χ0) is 16.9. The highest BCUT2D eigenvalue weighted by Gasteiger charge is 2.36. The van der Waals surface area contributed by atoms with E-state index in [1.54, 1.807) is 19.6 Å². The Balaban J connectivity index is 1.69. The smallest absolute Gasteiger partial charge is 0.303 e. The van der Waals surface area contributed by atoms with Crippen LogP contribution in [0.5, 0.6) is 0 Å². The average Bonchev–Trinajstić information content (AvgIpc) is 3.26. The van der Waals surface area contributed by atoms with Crippen molar-refractivity contribution in [2.45, 2.75) is 25.4 Å². The molecule has 0 spiro atoms. The summed E-state index contributed by atoms with van der Waals surface area (Å²) < 4.78 is 7.19. The average molecular weight is 334 g/mol. The SMILES string of the molecule is COCCn1cncc1CN1C[C@H](CC(=O)O)[C@H](c2cn[nH]n2)C1. The third kappa shape index (κ3) is 3.80. The van der Waals surface area contributed by atoms with E-state index in [1.807, 2.05) is 6.20 Å². The molecule has 0 radical (unpaired) electrons. The van der Waals surface area contributed by atoms with Gasteiger partial charge in [-0.1, -0.05) is 0 Å². The fraction of sp³-hybridized carbons (Fsp3) is 0.600. The molecule has 2 atom stereocenters. The van der Waals surface area contributed by atoms with Gasteiger partial charge in [-0.2, -0.15) is 15.4 Å². The number of ether oxygens (including phenoxy) is 1. The zero-order valence-electron chi connectivity index (χ0n) is 13.6. The molecule has 2 aromatic rings. The molecule has 1 fully saturated rings. The van der Waals surface area contributed by atoms with Crippen molar-refractivity contribution in [1.82, 2.24) is 29.9 Å². The lowest BCUT2D eigenvalue weighted by Crippen LogP contribution is -2.23. The normalized spacial score (nSPS) is 21.4. The Morgan fingerprint density at radius 2 is 2.33 bits per heavy atom. The van der Waals surface area contributed by atoms with E-state index in [0.29, 0.717) is 6.61 Å². The maximum atomic E-state index is 11.2. The van der Waals surface area contributed by atoms with Gasteiger partial charge < -0.3 is 14.4 Å². The molecular formula is C15H22N6O3. The summed E-state index contributed by atoms with van der Waals surface area (Å²) >= 11 is 0. The summed E-state index contributed by atoms with van der Waals surface area (Å²) in [7, 11) is 1.68. The molecule has 130 valence electrons. The molecule has 0 aromatic carbocycles. The molecule has 2 N–H and O–H groups in total. The van der Waals surface area contributed by atoms with Gasteiger partial charge in [0.1, 0.15) is 0 Å². The number of hydrogen-bond donors (Lipinski definition) is 2. The van der Waals surface area contributed by atoms with Gasteiger partial charge in [0, 0.05) is 45.4 Å². The van der Waals surface area contributed by atoms with E-state index in [2.05, 4.69) is 29.9 Å². The highest BCUT2D eigenvalue weighted by molar-refractivity contribution is 5.67. The van der Waals surface area contributed by atoms with E-state index >= 15 is 0 Å². The number of nitrogens with zero attached hydrogens (tertiary/aromatic N) is 5. The topological polar surface area (TPSA) is 109 Å². The quantitative estimate of drug-likeness (QED) is 0.716. The minimum Gasteiger partial charge on any atom is -0.481 e. The molecule has 1 saturated heterocycles. The van der Waals surface area contributed by atoms with Crippen LogP contribution in [-0.4, -0.2) is 67.7 Å². The number of aromatic amines is 1. The fourth-order valence-corrected chi connectivity index (χ4v) is 3.34. The molecule has 3 rings (SSSR count). The standard InChI is InChI=1S/C15H22N6O3/c1-24-3-2-21-10-16-5-12(21)8-20-7-11(4-15(22)23)13(9-20)14-6-17-19-18-14/h5-6,10-11,13H,2-4,7-9H2,1H3,(H,22,23)(H,17,18,19)/t11-,13+/m0/s1. The minimum absolute atomic E-state index is 0.0305. The number of nitrogens with one attached hydrogen (secondary N) is 1. The molecule has 1 aliphatic rings. The van der Waals surface area contributed by atoms with Gasteiger partial charge in [-0.15, -0.1) is 0 Å². The number of imidazole rings is 1. The van der Waals surface area contributed by atoms with Gasteiger partial charge in [0.25, 0.3) is 0 Å². The number of carboxylic acid groups (broad SMARTS) is 1. The third-order valence-corrected chi connectivity index (χ3v) is 4.49. The highest BCUT2D eigenvalue weighted by Crippen LogP contribution is 2.34. The summed E-state index contributed by atoms with van der Waals surface area (Å²) in [6, 6.07) is 0. The van der Waals surface area contributed by atoms with Crippen molar-refractivity contribution in [3.05, 3.63) is 30.1 Å². The molecule has 0 saturated carbocycles. The van der Waals surface area contributed by atoms with E-state index in [9.17, 15) is 9.90 Å². The third-order valence-electron chi connectivity index (χ3n) is 4.49. The molecular weight excluding hydrogens is 312 g/mol. The summed E-state index contributed by atoms with van der Waals surface area (Å²) in [6.07, 6.45) is 5.47. The van der Waals surface area contributed by atoms with Crippen LogP contribution in [0.2, 0.25) is 0 Å². The van der Waals surface area contributed by atoms with Crippen molar-refractivity contribution in [3.8, 4) is 0 Å². The summed E-state index contributed by atoms with van der Waals surface area (Å²) in [4.78, 5) is 17.6. The van der Waals surface area contributed by atoms with Crippen molar-refractivity contribution >= 4 is 5.97 Å². The maximum absolute atomic E-state index is 11.2. The molecule has 0 bridgehead atoms. The number of hydrogen-bond acceptors (Lipinski definition) is 6. The number of rotatable bonds is 8. The Hall–Kier alpha value is -2.26. The summed E-state index contributed by atoms with van der Waals surface area (Å²) in [6.45, 7) is 3.60. The molecule has 0 unspecified atom stereocenters. The Morgan fingerprint density at radius 1 is 1.46 bits per heavy atom. The number of likely N-dealkylation sites (tertiary alicyclic amines) is 1. The van der Waals surface area contributed by atoms with Crippen molar-refractivity contribution in [3.63, 3.8) is 0 Å². The van der Waals surface area contributed by atoms with Crippen molar-refractivity contribution in [2.75, 3.05) is 26.8 Å². The van der Waals surface area contributed by atoms with Gasteiger partial charge in [0.05, 0.1) is 36.9 Å². The van der Waals surface area contributed by atoms with Crippen LogP contribution in [0.4, 0.5) is 0 Å². The van der Waals surface area contributed by atoms with Crippen molar-refractivity contribution in [2.24, 2.45) is 5.92 Å². The van der Waals surface area contributed by atoms with Crippen LogP contribution in [-0.2, 0) is 22.6 Å². The molecule has 2 aromatic heterocycles. The number of aromatic nitrogens is 5. The Bertz CT molecular complexity index is 656. The summed E-state index contributed by atoms with van der Waals surface area (Å²) in [5.74, 6) is -0.668. The highest BCUT2D eigenvalue weighted by atomic mass is 16.5. The lowest BCUT2D eigenvalue weighted by molar-refractivity contribution is -0.138. The monoisotopic (exact) mass is 334 g/mol. The molecule has 1 aliphatic heterocycles. The molecule has 24 heavy (non-hydrogen) atoms. The van der Waals surface area contributed by atoms with Gasteiger partial charge in [-0.05, 0) is 5.92 Å². The second-order valence-corrected chi connectivity index (χ2v) is 6.12. The van der Waals surface area contributed by atoms with E-state index in [-0.39, 0.29) is 18.3 Å². The zero-order valence-corrected chi connectivity index (χ0v) is 13.6. The Labute approximate surface area is 139 Å². The minimum atomic E-state index is -0.777. The first-order valence-corrected chi connectivity index (χ1v) is 7.95. The predicted molar refractivity (Wildman–Crippen MR) is 84.2 cm³/mol. The van der Waals surface area contributed by atoms with Crippen LogP contribution in [0.1, 0.15) is 23.7 Å². The van der Waals surface area contributed by atoms with Crippen LogP contribution in [0.3, 0.4) is 0 Å². The first kappa shape index (κ1) is 16.6. The fourth-order valence-electron chi connectivity index (χ4n) is 3.34. The Morgan fingerprint density at radius 3 is 3.04 bits per heavy atom. The second-order valence-electron chi connectivity index (χ2n) is 6.12. The van der Waals surface area contributed by atoms with Crippen molar-refractivity contribution < 1.29 is 14.6 Å². The van der Waals surface area contributed by atoms with Gasteiger partial charge in [0.2, 0.25) is 0 Å². The first-order valence-electron chi connectivity index (χ1n) is 7.95.